The summed E-state index contributed by atoms with van der Waals surface area (Å²) in [5.41, 5.74) is 5.77. The maximum absolute atomic E-state index is 8.79. The Hall–Kier alpha value is -0.0800. The number of hydrogen-bond acceptors (Lipinski definition) is 2. The van der Waals surface area contributed by atoms with Gasteiger partial charge < -0.3 is 10.8 Å². The summed E-state index contributed by atoms with van der Waals surface area (Å²) in [7, 11) is 0. The fraction of sp³-hybridized carbons (Fsp3) is 1.00. The standard InChI is InChI=1S/C7H15NO/c1-7(2)5(3-8)6(7)4-9/h5-6,9H,3-4,8H2,1-2H3/t5-,6-/m1/s1. The van der Waals surface area contributed by atoms with Gasteiger partial charge in [0.25, 0.3) is 0 Å². The molecule has 1 saturated carbocycles. The Kier molecular flexibility index (Phi) is 1.53. The molecule has 1 fully saturated rings. The van der Waals surface area contributed by atoms with E-state index in [1.165, 1.54) is 0 Å². The van der Waals surface area contributed by atoms with E-state index in [4.69, 9.17) is 10.8 Å². The maximum Gasteiger partial charge on any atom is 0.0467 e. The number of nitrogens with two attached hydrogens (primary N) is 1. The predicted molar refractivity (Wildman–Crippen MR) is 36.9 cm³/mol. The molecule has 0 aromatic carbocycles. The van der Waals surface area contributed by atoms with Crippen LogP contribution in [0.4, 0.5) is 0 Å². The van der Waals surface area contributed by atoms with Crippen LogP contribution in [0.15, 0.2) is 0 Å². The Morgan fingerprint density at radius 2 is 2.00 bits per heavy atom. The van der Waals surface area contributed by atoms with E-state index in [1.807, 2.05) is 0 Å². The van der Waals surface area contributed by atoms with Gasteiger partial charge in [0.05, 0.1) is 0 Å². The molecule has 0 aromatic heterocycles. The molecule has 9 heavy (non-hydrogen) atoms. The van der Waals surface area contributed by atoms with Crippen LogP contribution >= 0.6 is 0 Å². The van der Waals surface area contributed by atoms with Crippen LogP contribution in [-0.4, -0.2) is 18.3 Å². The molecule has 1 rings (SSSR count). The summed E-state index contributed by atoms with van der Waals surface area (Å²) in [5.74, 6) is 1.02. The lowest BCUT2D eigenvalue weighted by Crippen LogP contribution is -2.05. The van der Waals surface area contributed by atoms with Crippen molar-refractivity contribution in [1.82, 2.24) is 0 Å². The summed E-state index contributed by atoms with van der Waals surface area (Å²) >= 11 is 0. The first-order valence-corrected chi connectivity index (χ1v) is 3.45. The molecular formula is C7H15NO. The fourth-order valence-electron chi connectivity index (χ4n) is 1.69. The summed E-state index contributed by atoms with van der Waals surface area (Å²) in [4.78, 5) is 0. The van der Waals surface area contributed by atoms with E-state index in [2.05, 4.69) is 13.8 Å². The third-order valence-corrected chi connectivity index (χ3v) is 2.74. The van der Waals surface area contributed by atoms with E-state index in [0.717, 1.165) is 6.54 Å². The smallest absolute Gasteiger partial charge is 0.0467 e. The minimum absolute atomic E-state index is 0.300. The molecule has 0 aliphatic heterocycles. The fourth-order valence-corrected chi connectivity index (χ4v) is 1.69. The summed E-state index contributed by atoms with van der Waals surface area (Å²) < 4.78 is 0. The van der Waals surface area contributed by atoms with Gasteiger partial charge in [-0.2, -0.15) is 0 Å². The molecule has 0 heterocycles. The summed E-state index contributed by atoms with van der Waals surface area (Å²) in [6.45, 7) is 5.34. The first kappa shape index (κ1) is 7.03. The Balaban J connectivity index is 2.45. The lowest BCUT2D eigenvalue weighted by Gasteiger charge is -1.97. The monoisotopic (exact) mass is 129 g/mol. The van der Waals surface area contributed by atoms with E-state index >= 15 is 0 Å². The largest absolute Gasteiger partial charge is 0.396 e. The van der Waals surface area contributed by atoms with Crippen LogP contribution in [0.1, 0.15) is 13.8 Å². The molecule has 0 spiro atoms. The molecule has 1 aliphatic carbocycles. The molecule has 2 nitrogen and oxygen atoms in total. The van der Waals surface area contributed by atoms with Crippen molar-refractivity contribution in [2.24, 2.45) is 23.0 Å². The van der Waals surface area contributed by atoms with Crippen molar-refractivity contribution in [3.05, 3.63) is 0 Å². The highest BCUT2D eigenvalue weighted by molar-refractivity contribution is 5.04. The van der Waals surface area contributed by atoms with E-state index in [-0.39, 0.29) is 0 Å². The summed E-state index contributed by atoms with van der Waals surface area (Å²) in [5, 5.41) is 8.79. The highest BCUT2D eigenvalue weighted by atomic mass is 16.3. The number of aliphatic hydroxyl groups excluding tert-OH is 1. The number of hydrogen-bond donors (Lipinski definition) is 2. The van der Waals surface area contributed by atoms with Crippen molar-refractivity contribution < 1.29 is 5.11 Å². The van der Waals surface area contributed by atoms with E-state index in [0.29, 0.717) is 23.9 Å². The van der Waals surface area contributed by atoms with E-state index < -0.39 is 0 Å². The van der Waals surface area contributed by atoms with Crippen LogP contribution in [0.5, 0.6) is 0 Å². The zero-order valence-corrected chi connectivity index (χ0v) is 6.09. The van der Waals surface area contributed by atoms with Crippen molar-refractivity contribution in [1.29, 1.82) is 0 Å². The second-order valence-corrected chi connectivity index (χ2v) is 3.45. The first-order valence-electron chi connectivity index (χ1n) is 3.45. The SMILES string of the molecule is CC1(C)[C@H](CN)[C@H]1CO. The first-order chi connectivity index (χ1) is 4.14. The van der Waals surface area contributed by atoms with Crippen molar-refractivity contribution in [3.8, 4) is 0 Å². The van der Waals surface area contributed by atoms with E-state index in [1.54, 1.807) is 0 Å². The molecule has 0 amide bonds. The number of rotatable bonds is 2. The highest BCUT2D eigenvalue weighted by Gasteiger charge is 2.55. The molecule has 0 unspecified atom stereocenters. The van der Waals surface area contributed by atoms with Gasteiger partial charge in [0.1, 0.15) is 0 Å². The molecule has 0 saturated heterocycles. The zero-order chi connectivity index (χ0) is 7.07. The molecular weight excluding hydrogens is 114 g/mol. The van der Waals surface area contributed by atoms with Crippen LogP contribution in [0, 0.1) is 17.3 Å². The van der Waals surface area contributed by atoms with Gasteiger partial charge in [-0.3, -0.25) is 0 Å². The Bertz CT molecular complexity index is 99.5. The molecule has 3 N–H and O–H groups in total. The average Bonchev–Trinajstić information content (AvgIpc) is 2.32. The van der Waals surface area contributed by atoms with Crippen molar-refractivity contribution in [3.63, 3.8) is 0 Å². The number of aliphatic hydroxyl groups is 1. The van der Waals surface area contributed by atoms with E-state index in [9.17, 15) is 0 Å². The summed E-state index contributed by atoms with van der Waals surface area (Å²) in [6.07, 6.45) is 0. The normalized spacial score (nSPS) is 38.7. The van der Waals surface area contributed by atoms with Gasteiger partial charge in [0.2, 0.25) is 0 Å². The van der Waals surface area contributed by atoms with Crippen molar-refractivity contribution in [2.75, 3.05) is 13.2 Å². The second-order valence-electron chi connectivity index (χ2n) is 3.45. The van der Waals surface area contributed by atoms with Gasteiger partial charge in [0, 0.05) is 6.61 Å². The maximum atomic E-state index is 8.79. The minimum Gasteiger partial charge on any atom is -0.396 e. The Morgan fingerprint density at radius 3 is 2.11 bits per heavy atom. The van der Waals surface area contributed by atoms with Gasteiger partial charge in [-0.1, -0.05) is 13.8 Å². The second kappa shape index (κ2) is 1.96. The van der Waals surface area contributed by atoms with Crippen molar-refractivity contribution >= 4 is 0 Å². The third-order valence-electron chi connectivity index (χ3n) is 2.74. The quantitative estimate of drug-likeness (QED) is 0.560. The molecule has 54 valence electrons. The van der Waals surface area contributed by atoms with Crippen molar-refractivity contribution in [2.45, 2.75) is 13.8 Å². The molecule has 0 bridgehead atoms. The van der Waals surface area contributed by atoms with Gasteiger partial charge >= 0.3 is 0 Å². The van der Waals surface area contributed by atoms with Gasteiger partial charge in [-0.25, -0.2) is 0 Å². The zero-order valence-electron chi connectivity index (χ0n) is 6.09. The van der Waals surface area contributed by atoms with Gasteiger partial charge in [-0.05, 0) is 23.8 Å². The van der Waals surface area contributed by atoms with Gasteiger partial charge in [0.15, 0.2) is 0 Å². The lowest BCUT2D eigenvalue weighted by atomic mass is 10.1. The Labute approximate surface area is 56.1 Å². The molecule has 0 radical (unpaired) electrons. The minimum atomic E-state index is 0.300. The lowest BCUT2D eigenvalue weighted by molar-refractivity contribution is 0.255. The summed E-state index contributed by atoms with van der Waals surface area (Å²) in [6, 6.07) is 0. The highest BCUT2D eigenvalue weighted by Crippen LogP contribution is 2.56. The molecule has 2 atom stereocenters. The van der Waals surface area contributed by atoms with Crippen LogP contribution in [0.3, 0.4) is 0 Å². The average molecular weight is 129 g/mol. The predicted octanol–water partition coefficient (Wildman–Crippen LogP) is 0.210. The van der Waals surface area contributed by atoms with Crippen LogP contribution in [0.25, 0.3) is 0 Å². The van der Waals surface area contributed by atoms with Crippen LogP contribution in [-0.2, 0) is 0 Å². The topological polar surface area (TPSA) is 46.2 Å². The molecule has 0 aromatic rings. The van der Waals surface area contributed by atoms with Crippen LogP contribution in [0.2, 0.25) is 0 Å². The van der Waals surface area contributed by atoms with Gasteiger partial charge in [-0.15, -0.1) is 0 Å². The Morgan fingerprint density at radius 1 is 1.44 bits per heavy atom. The molecule has 1 aliphatic rings. The third kappa shape index (κ3) is 0.864. The van der Waals surface area contributed by atoms with Crippen LogP contribution < -0.4 is 5.73 Å². The molecule has 2 heteroatoms.